The summed E-state index contributed by atoms with van der Waals surface area (Å²) in [5.74, 6) is 1.03. The van der Waals surface area contributed by atoms with E-state index in [0.717, 1.165) is 24.1 Å². The maximum absolute atomic E-state index is 11.0. The van der Waals surface area contributed by atoms with Gasteiger partial charge in [-0.25, -0.2) is 0 Å². The first-order valence-electron chi connectivity index (χ1n) is 5.96. The lowest BCUT2D eigenvalue weighted by Crippen LogP contribution is -2.14. The Hall–Kier alpha value is -1.48. The van der Waals surface area contributed by atoms with Crippen LogP contribution in [0.5, 0.6) is 0 Å². The zero-order valence-corrected chi connectivity index (χ0v) is 11.8. The molecule has 98 valence electrons. The molecule has 0 saturated carbocycles. The molecule has 1 N–H and O–H groups in total. The predicted octanol–water partition coefficient (Wildman–Crippen LogP) is 1.26. The predicted molar refractivity (Wildman–Crippen MR) is 72.9 cm³/mol. The third-order valence-corrected chi connectivity index (χ3v) is 3.42. The molecule has 18 heavy (non-hydrogen) atoms. The van der Waals surface area contributed by atoms with Gasteiger partial charge in [-0.05, 0) is 18.4 Å². The number of anilines is 1. The van der Waals surface area contributed by atoms with Crippen molar-refractivity contribution in [2.24, 2.45) is 0 Å². The molecule has 1 atom stereocenters. The lowest BCUT2D eigenvalue weighted by atomic mass is 10.0. The molecule has 5 nitrogen and oxygen atoms in total. The van der Waals surface area contributed by atoms with E-state index in [1.807, 2.05) is 13.8 Å². The Bertz CT molecular complexity index is 482. The molecule has 0 radical (unpaired) electrons. The van der Waals surface area contributed by atoms with E-state index in [9.17, 15) is 9.47 Å². The molecule has 0 amide bonds. The van der Waals surface area contributed by atoms with Crippen molar-refractivity contribution in [1.29, 1.82) is 5.26 Å². The van der Waals surface area contributed by atoms with E-state index < -0.39 is 10.8 Å². The van der Waals surface area contributed by atoms with Crippen LogP contribution >= 0.6 is 0 Å². The fourth-order valence-electron chi connectivity index (χ4n) is 1.73. The first kappa shape index (κ1) is 14.6. The summed E-state index contributed by atoms with van der Waals surface area (Å²) in [4.78, 5) is 0. The minimum atomic E-state index is -0.855. The van der Waals surface area contributed by atoms with Gasteiger partial charge in [0.05, 0.1) is 5.69 Å². The molecule has 0 spiro atoms. The maximum Gasteiger partial charge on any atom is 0.166 e. The molecule has 0 saturated heterocycles. The highest BCUT2D eigenvalue weighted by molar-refractivity contribution is 7.84. The standard InChI is InChI=1S/C12H18N4OS/c1-4-9-10(8-13)12(14-6-7-18(3)17)16-15-11(9)5-2/h4-7H2,1-3H3,(H,14,16). The van der Waals surface area contributed by atoms with Crippen molar-refractivity contribution in [3.63, 3.8) is 0 Å². The second-order valence-corrected chi connectivity index (χ2v) is 5.43. The molecule has 1 rings (SSSR count). The van der Waals surface area contributed by atoms with Crippen molar-refractivity contribution >= 4 is 16.6 Å². The minimum Gasteiger partial charge on any atom is -0.367 e. The molecule has 6 heteroatoms. The van der Waals surface area contributed by atoms with E-state index in [-0.39, 0.29) is 0 Å². The molecule has 1 unspecified atom stereocenters. The van der Waals surface area contributed by atoms with Gasteiger partial charge in [0.1, 0.15) is 11.6 Å². The second-order valence-electron chi connectivity index (χ2n) is 3.87. The van der Waals surface area contributed by atoms with Gasteiger partial charge in [0.2, 0.25) is 0 Å². The average Bonchev–Trinajstić information content (AvgIpc) is 2.37. The van der Waals surface area contributed by atoms with Crippen molar-refractivity contribution in [1.82, 2.24) is 10.2 Å². The van der Waals surface area contributed by atoms with Crippen molar-refractivity contribution in [2.45, 2.75) is 26.7 Å². The Balaban J connectivity index is 2.99. The number of aryl methyl sites for hydroxylation is 1. The van der Waals surface area contributed by atoms with E-state index in [2.05, 4.69) is 21.6 Å². The monoisotopic (exact) mass is 266 g/mol. The molecule has 0 bridgehead atoms. The van der Waals surface area contributed by atoms with Gasteiger partial charge in [0, 0.05) is 29.4 Å². The Morgan fingerprint density at radius 3 is 2.56 bits per heavy atom. The second kappa shape index (κ2) is 7.07. The number of nitrogens with one attached hydrogen (secondary N) is 1. The number of nitrogens with zero attached hydrogens (tertiary/aromatic N) is 3. The van der Waals surface area contributed by atoms with Crippen LogP contribution in [0.3, 0.4) is 0 Å². The van der Waals surface area contributed by atoms with E-state index in [1.165, 1.54) is 0 Å². The molecular weight excluding hydrogens is 248 g/mol. The van der Waals surface area contributed by atoms with Crippen LogP contribution in [-0.2, 0) is 23.6 Å². The summed E-state index contributed by atoms with van der Waals surface area (Å²) in [7, 11) is -0.855. The third kappa shape index (κ3) is 3.50. The highest BCUT2D eigenvalue weighted by Gasteiger charge is 2.13. The number of nitriles is 1. The van der Waals surface area contributed by atoms with Gasteiger partial charge in [-0.3, -0.25) is 4.21 Å². The molecular formula is C12H18N4OS. The largest absolute Gasteiger partial charge is 0.367 e. The van der Waals surface area contributed by atoms with Crippen LogP contribution in [0, 0.1) is 11.3 Å². The highest BCUT2D eigenvalue weighted by atomic mass is 32.2. The Kier molecular flexibility index (Phi) is 5.72. The Labute approximate surface area is 110 Å². The summed E-state index contributed by atoms with van der Waals surface area (Å²) >= 11 is 0. The maximum atomic E-state index is 11.0. The molecule has 0 aromatic carbocycles. The third-order valence-electron chi connectivity index (χ3n) is 2.64. The SMILES string of the molecule is CCc1nnc(NCCS(C)=O)c(C#N)c1CC. The van der Waals surface area contributed by atoms with Crippen LogP contribution in [0.1, 0.15) is 30.7 Å². The van der Waals surface area contributed by atoms with Crippen molar-refractivity contribution in [3.05, 3.63) is 16.8 Å². The normalized spacial score (nSPS) is 11.9. The molecule has 1 heterocycles. The summed E-state index contributed by atoms with van der Waals surface area (Å²) in [6.45, 7) is 4.53. The van der Waals surface area contributed by atoms with Crippen molar-refractivity contribution < 1.29 is 4.21 Å². The van der Waals surface area contributed by atoms with Crippen LogP contribution in [0.25, 0.3) is 0 Å². The summed E-state index contributed by atoms with van der Waals surface area (Å²) in [5, 5.41) is 20.5. The summed E-state index contributed by atoms with van der Waals surface area (Å²) in [6, 6.07) is 2.19. The van der Waals surface area contributed by atoms with Gasteiger partial charge in [0.15, 0.2) is 5.82 Å². The van der Waals surface area contributed by atoms with Crippen molar-refractivity contribution in [2.75, 3.05) is 23.9 Å². The minimum absolute atomic E-state index is 0.497. The molecule has 0 aliphatic carbocycles. The van der Waals surface area contributed by atoms with Crippen LogP contribution in [0.15, 0.2) is 0 Å². The number of rotatable bonds is 6. The number of aromatic nitrogens is 2. The average molecular weight is 266 g/mol. The topological polar surface area (TPSA) is 78.7 Å². The van der Waals surface area contributed by atoms with Crippen LogP contribution < -0.4 is 5.32 Å². The molecule has 0 fully saturated rings. The Morgan fingerprint density at radius 2 is 2.06 bits per heavy atom. The van der Waals surface area contributed by atoms with Gasteiger partial charge >= 0.3 is 0 Å². The smallest absolute Gasteiger partial charge is 0.166 e. The zero-order valence-electron chi connectivity index (χ0n) is 11.0. The van der Waals surface area contributed by atoms with Crippen LogP contribution in [0.4, 0.5) is 5.82 Å². The lowest BCUT2D eigenvalue weighted by molar-refractivity contribution is 0.687. The highest BCUT2D eigenvalue weighted by Crippen LogP contribution is 2.19. The van der Waals surface area contributed by atoms with Gasteiger partial charge in [0.25, 0.3) is 0 Å². The lowest BCUT2D eigenvalue weighted by Gasteiger charge is -2.11. The van der Waals surface area contributed by atoms with Crippen LogP contribution in [0.2, 0.25) is 0 Å². The van der Waals surface area contributed by atoms with E-state index >= 15 is 0 Å². The molecule has 1 aromatic rings. The molecule has 0 aliphatic rings. The summed E-state index contributed by atoms with van der Waals surface area (Å²) in [6.07, 6.45) is 3.18. The first-order valence-corrected chi connectivity index (χ1v) is 7.69. The number of hydrogen-bond acceptors (Lipinski definition) is 5. The van der Waals surface area contributed by atoms with Gasteiger partial charge < -0.3 is 5.32 Å². The van der Waals surface area contributed by atoms with E-state index in [1.54, 1.807) is 6.26 Å². The summed E-state index contributed by atoms with van der Waals surface area (Å²) < 4.78 is 11.0. The zero-order chi connectivity index (χ0) is 13.5. The van der Waals surface area contributed by atoms with Crippen LogP contribution in [-0.4, -0.2) is 33.0 Å². The number of hydrogen-bond donors (Lipinski definition) is 1. The van der Waals surface area contributed by atoms with Gasteiger partial charge in [-0.2, -0.15) is 10.4 Å². The summed E-state index contributed by atoms with van der Waals surface area (Å²) in [5.41, 5.74) is 2.39. The molecule has 1 aromatic heterocycles. The first-order chi connectivity index (χ1) is 8.63. The molecule has 0 aliphatic heterocycles. The van der Waals surface area contributed by atoms with E-state index in [4.69, 9.17) is 0 Å². The van der Waals surface area contributed by atoms with Gasteiger partial charge in [-0.15, -0.1) is 5.10 Å². The van der Waals surface area contributed by atoms with Crippen molar-refractivity contribution in [3.8, 4) is 6.07 Å². The quantitative estimate of drug-likeness (QED) is 0.838. The fourth-order valence-corrected chi connectivity index (χ4v) is 2.12. The van der Waals surface area contributed by atoms with E-state index in [0.29, 0.717) is 23.7 Å². The Morgan fingerprint density at radius 1 is 1.33 bits per heavy atom. The van der Waals surface area contributed by atoms with Gasteiger partial charge in [-0.1, -0.05) is 13.8 Å². The fraction of sp³-hybridized carbons (Fsp3) is 0.583.